The molecule has 4 heteroatoms. The molecule has 98 valence electrons. The number of hydrogen-bond acceptors (Lipinski definition) is 3. The third-order valence-electron chi connectivity index (χ3n) is 2.84. The molecule has 1 N–H and O–H groups in total. The van der Waals surface area contributed by atoms with E-state index in [9.17, 15) is 9.59 Å². The number of amides is 1. The number of rotatable bonds is 5. The van der Waals surface area contributed by atoms with Crippen LogP contribution in [0.3, 0.4) is 0 Å². The summed E-state index contributed by atoms with van der Waals surface area (Å²) >= 11 is 0. The first-order valence-electron chi connectivity index (χ1n) is 6.03. The van der Waals surface area contributed by atoms with Gasteiger partial charge < -0.3 is 10.1 Å². The largest absolute Gasteiger partial charge is 0.467 e. The molecule has 2 atom stereocenters. The molecule has 1 amide bonds. The van der Waals surface area contributed by atoms with Crippen LogP contribution in [0.4, 0.5) is 0 Å². The molecule has 4 nitrogen and oxygen atoms in total. The molecular weight excluding hydrogens is 230 g/mol. The normalized spacial score (nSPS) is 13.5. The fraction of sp³-hybridized carbons (Fsp3) is 0.429. The summed E-state index contributed by atoms with van der Waals surface area (Å²) in [6.07, 6.45) is 0.684. The second kappa shape index (κ2) is 6.79. The molecule has 0 aliphatic heterocycles. The molecule has 0 fully saturated rings. The third-order valence-corrected chi connectivity index (χ3v) is 2.84. The topological polar surface area (TPSA) is 55.4 Å². The van der Waals surface area contributed by atoms with Crippen LogP contribution in [0.2, 0.25) is 0 Å². The zero-order valence-corrected chi connectivity index (χ0v) is 11.0. The van der Waals surface area contributed by atoms with Gasteiger partial charge in [0.15, 0.2) is 0 Å². The van der Waals surface area contributed by atoms with Gasteiger partial charge >= 0.3 is 5.97 Å². The van der Waals surface area contributed by atoms with Crippen LogP contribution in [-0.2, 0) is 14.3 Å². The third kappa shape index (κ3) is 3.58. The van der Waals surface area contributed by atoms with Crippen LogP contribution in [0.1, 0.15) is 31.7 Å². The van der Waals surface area contributed by atoms with E-state index >= 15 is 0 Å². The van der Waals surface area contributed by atoms with Gasteiger partial charge in [-0.2, -0.15) is 0 Å². The molecular formula is C14H19NO3. The van der Waals surface area contributed by atoms with E-state index in [2.05, 4.69) is 10.1 Å². The highest BCUT2D eigenvalue weighted by Crippen LogP contribution is 2.19. The Labute approximate surface area is 107 Å². The Balaban J connectivity index is 2.72. The lowest BCUT2D eigenvalue weighted by atomic mass is 9.95. The highest BCUT2D eigenvalue weighted by atomic mass is 16.5. The maximum atomic E-state index is 12.1. The van der Waals surface area contributed by atoms with Crippen molar-refractivity contribution in [3.05, 3.63) is 35.9 Å². The lowest BCUT2D eigenvalue weighted by Crippen LogP contribution is -2.41. The Morgan fingerprint density at radius 2 is 1.89 bits per heavy atom. The van der Waals surface area contributed by atoms with Crippen LogP contribution >= 0.6 is 0 Å². The van der Waals surface area contributed by atoms with Gasteiger partial charge in [-0.25, -0.2) is 4.79 Å². The second-order valence-electron chi connectivity index (χ2n) is 4.12. The fourth-order valence-corrected chi connectivity index (χ4v) is 1.81. The van der Waals surface area contributed by atoms with Gasteiger partial charge in [0, 0.05) is 0 Å². The number of nitrogens with one attached hydrogen (secondary N) is 1. The van der Waals surface area contributed by atoms with Crippen LogP contribution < -0.4 is 5.32 Å². The molecule has 18 heavy (non-hydrogen) atoms. The summed E-state index contributed by atoms with van der Waals surface area (Å²) in [5.74, 6) is -0.828. The van der Waals surface area contributed by atoms with Gasteiger partial charge in [-0.05, 0) is 18.9 Å². The van der Waals surface area contributed by atoms with E-state index in [1.54, 1.807) is 6.92 Å². The monoisotopic (exact) mass is 249 g/mol. The lowest BCUT2D eigenvalue weighted by molar-refractivity contribution is -0.144. The number of benzene rings is 1. The van der Waals surface area contributed by atoms with Crippen molar-refractivity contribution in [2.75, 3.05) is 7.11 Å². The van der Waals surface area contributed by atoms with Crippen LogP contribution in [0.25, 0.3) is 0 Å². The van der Waals surface area contributed by atoms with E-state index < -0.39 is 12.0 Å². The summed E-state index contributed by atoms with van der Waals surface area (Å²) in [6, 6.07) is 8.91. The van der Waals surface area contributed by atoms with Gasteiger partial charge in [0.05, 0.1) is 13.0 Å². The first kappa shape index (κ1) is 14.2. The minimum atomic E-state index is -0.625. The first-order valence-corrected chi connectivity index (χ1v) is 6.03. The molecule has 1 unspecified atom stereocenters. The Morgan fingerprint density at radius 1 is 1.28 bits per heavy atom. The Hall–Kier alpha value is -1.84. The quantitative estimate of drug-likeness (QED) is 0.810. The summed E-state index contributed by atoms with van der Waals surface area (Å²) in [5.41, 5.74) is 0.953. The standard InChI is InChI=1S/C14H19NO3/c1-4-12(11-8-6-5-7-9-11)13(16)15-10(2)14(17)18-3/h5-10,12H,4H2,1-3H3,(H,15,16)/t10-,12?/m0/s1. The average Bonchev–Trinajstić information content (AvgIpc) is 2.39. The van der Waals surface area contributed by atoms with Crippen LogP contribution in [0.15, 0.2) is 30.3 Å². The van der Waals surface area contributed by atoms with E-state index in [4.69, 9.17) is 0 Å². The van der Waals surface area contributed by atoms with E-state index in [1.807, 2.05) is 37.3 Å². The molecule has 0 heterocycles. The number of ether oxygens (including phenoxy) is 1. The Kier molecular flexibility index (Phi) is 5.36. The summed E-state index contributed by atoms with van der Waals surface area (Å²) in [4.78, 5) is 23.3. The second-order valence-corrected chi connectivity index (χ2v) is 4.12. The van der Waals surface area contributed by atoms with Crippen LogP contribution in [0.5, 0.6) is 0 Å². The van der Waals surface area contributed by atoms with Crippen molar-refractivity contribution in [2.45, 2.75) is 32.2 Å². The highest BCUT2D eigenvalue weighted by Gasteiger charge is 2.22. The molecule has 0 aliphatic rings. The van der Waals surface area contributed by atoms with Crippen molar-refractivity contribution in [3.8, 4) is 0 Å². The summed E-state index contributed by atoms with van der Waals surface area (Å²) in [7, 11) is 1.31. The Morgan fingerprint density at radius 3 is 2.39 bits per heavy atom. The van der Waals surface area contributed by atoms with Gasteiger partial charge in [0.25, 0.3) is 0 Å². The zero-order chi connectivity index (χ0) is 13.5. The predicted octanol–water partition coefficient (Wildman–Crippen LogP) is 1.86. The molecule has 0 aromatic heterocycles. The fourth-order valence-electron chi connectivity index (χ4n) is 1.81. The molecule has 0 spiro atoms. The van der Waals surface area contributed by atoms with Crippen LogP contribution in [-0.4, -0.2) is 25.0 Å². The molecule has 0 saturated heterocycles. The maximum absolute atomic E-state index is 12.1. The number of carbonyl (C=O) groups excluding carboxylic acids is 2. The average molecular weight is 249 g/mol. The SMILES string of the molecule is CCC(C(=O)N[C@@H](C)C(=O)OC)c1ccccc1. The molecule has 1 aromatic rings. The van der Waals surface area contributed by atoms with Gasteiger partial charge in [-0.15, -0.1) is 0 Å². The van der Waals surface area contributed by atoms with Crippen molar-refractivity contribution in [1.29, 1.82) is 0 Å². The van der Waals surface area contributed by atoms with Crippen LogP contribution in [0, 0.1) is 0 Å². The Bertz CT molecular complexity index is 403. The van der Waals surface area contributed by atoms with E-state index in [1.165, 1.54) is 7.11 Å². The predicted molar refractivity (Wildman–Crippen MR) is 69.1 cm³/mol. The molecule has 0 saturated carbocycles. The highest BCUT2D eigenvalue weighted by molar-refractivity contribution is 5.88. The zero-order valence-electron chi connectivity index (χ0n) is 11.0. The van der Waals surface area contributed by atoms with Crippen molar-refractivity contribution in [1.82, 2.24) is 5.32 Å². The van der Waals surface area contributed by atoms with Gasteiger partial charge in [-0.3, -0.25) is 4.79 Å². The van der Waals surface area contributed by atoms with Crippen molar-refractivity contribution < 1.29 is 14.3 Å². The number of methoxy groups -OCH3 is 1. The van der Waals surface area contributed by atoms with Crippen molar-refractivity contribution in [2.24, 2.45) is 0 Å². The number of carbonyl (C=O) groups is 2. The summed E-state index contributed by atoms with van der Waals surface area (Å²) < 4.78 is 4.58. The van der Waals surface area contributed by atoms with Gasteiger partial charge in [-0.1, -0.05) is 37.3 Å². The first-order chi connectivity index (χ1) is 8.60. The van der Waals surface area contributed by atoms with Gasteiger partial charge in [0.2, 0.25) is 5.91 Å². The summed E-state index contributed by atoms with van der Waals surface area (Å²) in [5, 5.41) is 2.67. The van der Waals surface area contributed by atoms with Crippen molar-refractivity contribution >= 4 is 11.9 Å². The summed E-state index contributed by atoms with van der Waals surface area (Å²) in [6.45, 7) is 3.56. The molecule has 0 bridgehead atoms. The van der Waals surface area contributed by atoms with Crippen molar-refractivity contribution in [3.63, 3.8) is 0 Å². The maximum Gasteiger partial charge on any atom is 0.328 e. The van der Waals surface area contributed by atoms with E-state index in [0.717, 1.165) is 5.56 Å². The van der Waals surface area contributed by atoms with E-state index in [0.29, 0.717) is 6.42 Å². The smallest absolute Gasteiger partial charge is 0.328 e. The minimum absolute atomic E-state index is 0.151. The lowest BCUT2D eigenvalue weighted by Gasteiger charge is -2.18. The van der Waals surface area contributed by atoms with E-state index in [-0.39, 0.29) is 11.8 Å². The molecule has 0 aliphatic carbocycles. The molecule has 1 rings (SSSR count). The molecule has 0 radical (unpaired) electrons. The molecule has 1 aromatic carbocycles. The number of esters is 1. The number of hydrogen-bond donors (Lipinski definition) is 1. The minimum Gasteiger partial charge on any atom is -0.467 e. The van der Waals surface area contributed by atoms with Gasteiger partial charge in [0.1, 0.15) is 6.04 Å².